The number of esters is 2. The first-order valence-corrected chi connectivity index (χ1v) is 6.69. The van der Waals surface area contributed by atoms with Crippen molar-refractivity contribution in [3.63, 3.8) is 0 Å². The van der Waals surface area contributed by atoms with Crippen molar-refractivity contribution in [1.82, 2.24) is 0 Å². The van der Waals surface area contributed by atoms with E-state index in [2.05, 4.69) is 16.3 Å². The molecule has 0 atom stereocenters. The predicted molar refractivity (Wildman–Crippen MR) is 72.8 cm³/mol. The molecule has 6 heteroatoms. The van der Waals surface area contributed by atoms with Crippen molar-refractivity contribution < 1.29 is 23.9 Å². The molecule has 20 heavy (non-hydrogen) atoms. The highest BCUT2D eigenvalue weighted by Gasteiger charge is 2.03. The zero-order chi connectivity index (χ0) is 15.1. The maximum Gasteiger partial charge on any atom is 0.330 e. The van der Waals surface area contributed by atoms with Gasteiger partial charge in [0.05, 0.1) is 6.54 Å². The van der Waals surface area contributed by atoms with Gasteiger partial charge >= 0.3 is 11.9 Å². The molecule has 0 spiro atoms. The van der Waals surface area contributed by atoms with E-state index in [9.17, 15) is 14.4 Å². The highest BCUT2D eigenvalue weighted by atomic mass is 16.6. The maximum absolute atomic E-state index is 11.3. The molecule has 0 rings (SSSR count). The maximum atomic E-state index is 11.3. The van der Waals surface area contributed by atoms with E-state index in [1.807, 2.05) is 0 Å². The van der Waals surface area contributed by atoms with Crippen LogP contribution in [0.3, 0.4) is 0 Å². The summed E-state index contributed by atoms with van der Waals surface area (Å²) in [6, 6.07) is 0. The fraction of sp³-hybridized carbons (Fsp3) is 0.643. The van der Waals surface area contributed by atoms with E-state index in [1.54, 1.807) is 0 Å². The smallest absolute Gasteiger partial charge is 0.330 e. The molecule has 112 valence electrons. The molecule has 0 radical (unpaired) electrons. The molecule has 0 N–H and O–H groups in total. The SMILES string of the molecule is C=CC(=O)OCCOC(=O)CCCCCCCN=C=O. The Balaban J connectivity index is 3.30. The lowest BCUT2D eigenvalue weighted by molar-refractivity contribution is -0.149. The number of unbranched alkanes of at least 4 members (excludes halogenated alkanes) is 4. The number of hydrogen-bond acceptors (Lipinski definition) is 6. The summed E-state index contributed by atoms with van der Waals surface area (Å²) in [5, 5.41) is 0. The summed E-state index contributed by atoms with van der Waals surface area (Å²) in [7, 11) is 0. The van der Waals surface area contributed by atoms with Crippen molar-refractivity contribution in [2.24, 2.45) is 4.99 Å². The number of nitrogens with zero attached hydrogens (tertiary/aromatic N) is 1. The van der Waals surface area contributed by atoms with Crippen molar-refractivity contribution in [2.75, 3.05) is 19.8 Å². The molecule has 0 heterocycles. The Morgan fingerprint density at radius 2 is 1.70 bits per heavy atom. The molecule has 0 aliphatic heterocycles. The molecule has 0 aliphatic carbocycles. The van der Waals surface area contributed by atoms with Crippen molar-refractivity contribution in [2.45, 2.75) is 38.5 Å². The van der Waals surface area contributed by atoms with Crippen LogP contribution in [0, 0.1) is 0 Å². The van der Waals surface area contributed by atoms with Gasteiger partial charge in [-0.15, -0.1) is 0 Å². The second kappa shape index (κ2) is 13.5. The Kier molecular flexibility index (Phi) is 12.2. The van der Waals surface area contributed by atoms with Crippen LogP contribution in [-0.2, 0) is 23.9 Å². The lowest BCUT2D eigenvalue weighted by Crippen LogP contribution is -2.12. The van der Waals surface area contributed by atoms with Crippen molar-refractivity contribution >= 4 is 18.0 Å². The average Bonchev–Trinajstić information content (AvgIpc) is 2.46. The molecule has 0 aliphatic rings. The molecule has 6 nitrogen and oxygen atoms in total. The van der Waals surface area contributed by atoms with E-state index in [0.29, 0.717) is 13.0 Å². The Morgan fingerprint density at radius 1 is 1.05 bits per heavy atom. The lowest BCUT2D eigenvalue weighted by Gasteiger charge is -2.05. The summed E-state index contributed by atoms with van der Waals surface area (Å²) < 4.78 is 9.55. The van der Waals surface area contributed by atoms with Crippen molar-refractivity contribution in [3.8, 4) is 0 Å². The minimum atomic E-state index is -0.528. The predicted octanol–water partition coefficient (Wildman–Crippen LogP) is 1.94. The molecule has 0 unspecified atom stereocenters. The van der Waals surface area contributed by atoms with Gasteiger partial charge in [-0.25, -0.2) is 14.6 Å². The van der Waals surface area contributed by atoms with Crippen LogP contribution in [-0.4, -0.2) is 37.8 Å². The summed E-state index contributed by atoms with van der Waals surface area (Å²) in [6.07, 6.45) is 7.47. The lowest BCUT2D eigenvalue weighted by atomic mass is 10.1. The van der Waals surface area contributed by atoms with Crippen LogP contribution in [0.4, 0.5) is 0 Å². The van der Waals surface area contributed by atoms with Gasteiger partial charge in [-0.1, -0.05) is 25.8 Å². The van der Waals surface area contributed by atoms with Gasteiger partial charge in [0, 0.05) is 12.5 Å². The molecule has 0 saturated carbocycles. The number of carbonyl (C=O) groups is 2. The third-order valence-corrected chi connectivity index (χ3v) is 2.47. The normalized spacial score (nSPS) is 9.40. The van der Waals surface area contributed by atoms with Gasteiger partial charge in [0.25, 0.3) is 0 Å². The van der Waals surface area contributed by atoms with Crippen LogP contribution < -0.4 is 0 Å². The summed E-state index contributed by atoms with van der Waals surface area (Å²) in [5.74, 6) is -0.815. The van der Waals surface area contributed by atoms with E-state index in [4.69, 9.17) is 4.74 Å². The number of aliphatic imine (C=N–C) groups is 1. The van der Waals surface area contributed by atoms with Crippen LogP contribution in [0.5, 0.6) is 0 Å². The highest BCUT2D eigenvalue weighted by Crippen LogP contribution is 2.06. The first kappa shape index (κ1) is 18.1. The molecular formula is C14H21NO5. The number of rotatable bonds is 12. The molecule has 0 bridgehead atoms. The van der Waals surface area contributed by atoms with Crippen molar-refractivity contribution in [3.05, 3.63) is 12.7 Å². The van der Waals surface area contributed by atoms with E-state index >= 15 is 0 Å². The largest absolute Gasteiger partial charge is 0.462 e. The fourth-order valence-electron chi connectivity index (χ4n) is 1.47. The molecule has 0 fully saturated rings. The van der Waals surface area contributed by atoms with Gasteiger partial charge in [0.15, 0.2) is 0 Å². The van der Waals surface area contributed by atoms with E-state index in [-0.39, 0.29) is 19.2 Å². The number of ether oxygens (including phenoxy) is 2. The Labute approximate surface area is 118 Å². The zero-order valence-electron chi connectivity index (χ0n) is 11.6. The highest BCUT2D eigenvalue weighted by molar-refractivity contribution is 5.81. The fourth-order valence-corrected chi connectivity index (χ4v) is 1.47. The third kappa shape index (κ3) is 12.5. The van der Waals surface area contributed by atoms with Gasteiger partial charge in [0.2, 0.25) is 6.08 Å². The third-order valence-electron chi connectivity index (χ3n) is 2.47. The Bertz CT molecular complexity index is 347. The van der Waals surface area contributed by atoms with Gasteiger partial charge < -0.3 is 9.47 Å². The van der Waals surface area contributed by atoms with Gasteiger partial charge in [-0.3, -0.25) is 4.79 Å². The summed E-state index contributed by atoms with van der Waals surface area (Å²) in [5.41, 5.74) is 0. The summed E-state index contributed by atoms with van der Waals surface area (Å²) >= 11 is 0. The van der Waals surface area contributed by atoms with Crippen molar-refractivity contribution in [1.29, 1.82) is 0 Å². The topological polar surface area (TPSA) is 82.0 Å². The van der Waals surface area contributed by atoms with Crippen LogP contribution in [0.15, 0.2) is 17.6 Å². The first-order valence-electron chi connectivity index (χ1n) is 6.69. The monoisotopic (exact) mass is 283 g/mol. The van der Waals surface area contributed by atoms with Crippen LogP contribution in [0.1, 0.15) is 38.5 Å². The number of isocyanates is 1. The van der Waals surface area contributed by atoms with Crippen LogP contribution in [0.25, 0.3) is 0 Å². The quantitative estimate of drug-likeness (QED) is 0.180. The molecule has 0 amide bonds. The molecule has 0 aromatic carbocycles. The van der Waals surface area contributed by atoms with Crippen LogP contribution in [0.2, 0.25) is 0 Å². The number of carbonyl (C=O) groups excluding carboxylic acids is 3. The second-order valence-electron chi connectivity index (χ2n) is 4.08. The van der Waals surface area contributed by atoms with Gasteiger partial charge in [0.1, 0.15) is 13.2 Å². The van der Waals surface area contributed by atoms with Crippen LogP contribution >= 0.6 is 0 Å². The zero-order valence-corrected chi connectivity index (χ0v) is 11.6. The van der Waals surface area contributed by atoms with E-state index in [0.717, 1.165) is 38.2 Å². The van der Waals surface area contributed by atoms with E-state index in [1.165, 1.54) is 6.08 Å². The minimum Gasteiger partial charge on any atom is -0.462 e. The Morgan fingerprint density at radius 3 is 2.40 bits per heavy atom. The standard InChI is InChI=1S/C14H21NO5/c1-2-13(17)19-10-11-20-14(18)8-6-4-3-5-7-9-15-12-16/h2H,1,3-11H2. The molecule has 0 aromatic rings. The number of hydrogen-bond donors (Lipinski definition) is 0. The summed E-state index contributed by atoms with van der Waals surface area (Å²) in [4.78, 5) is 35.2. The second-order valence-corrected chi connectivity index (χ2v) is 4.08. The molecule has 0 aromatic heterocycles. The first-order chi connectivity index (χ1) is 9.70. The average molecular weight is 283 g/mol. The summed E-state index contributed by atoms with van der Waals surface area (Å²) in [6.45, 7) is 3.89. The van der Waals surface area contributed by atoms with Gasteiger partial charge in [-0.2, -0.15) is 0 Å². The van der Waals surface area contributed by atoms with Gasteiger partial charge in [-0.05, 0) is 12.8 Å². The minimum absolute atomic E-state index is 0.0494. The Hall–Kier alpha value is -1.94. The molecule has 0 saturated heterocycles. The molecular weight excluding hydrogens is 262 g/mol. The van der Waals surface area contributed by atoms with E-state index < -0.39 is 5.97 Å².